The van der Waals surface area contributed by atoms with Gasteiger partial charge in [-0.15, -0.1) is 0 Å². The van der Waals surface area contributed by atoms with Crippen molar-refractivity contribution >= 4 is 23.5 Å². The summed E-state index contributed by atoms with van der Waals surface area (Å²) in [7, 11) is 1.56. The smallest absolute Gasteiger partial charge is 0.338 e. The van der Waals surface area contributed by atoms with Gasteiger partial charge >= 0.3 is 5.97 Å². The summed E-state index contributed by atoms with van der Waals surface area (Å²) in [5.41, 5.74) is 3.32. The number of nitrogens with one attached hydrogen (secondary N) is 1. The predicted octanol–water partition coefficient (Wildman–Crippen LogP) is 4.32. The summed E-state index contributed by atoms with van der Waals surface area (Å²) in [5.74, 6) is 0.649. The summed E-state index contributed by atoms with van der Waals surface area (Å²) in [6.45, 7) is 2.42. The number of nitriles is 1. The Morgan fingerprint density at radius 1 is 1.13 bits per heavy atom. The molecule has 0 radical (unpaired) electrons. The fraction of sp³-hybridized carbons (Fsp3) is 0.217. The maximum absolute atomic E-state index is 12.2. The molecule has 2 aromatic carbocycles. The molecule has 7 nitrogen and oxygen atoms in total. The summed E-state index contributed by atoms with van der Waals surface area (Å²) >= 11 is 1.39. The molecule has 0 unspecified atom stereocenters. The quantitative estimate of drug-likeness (QED) is 0.242. The Morgan fingerprint density at radius 3 is 2.45 bits per heavy atom. The molecule has 0 aliphatic rings. The number of thioether (sulfide) groups is 1. The normalized spacial score (nSPS) is 10.3. The molecule has 3 rings (SSSR count). The molecule has 0 saturated carbocycles. The SMILES string of the molecule is COc1ccc(C(=O)OCCNc2nc(SC)nc(-c3ccc(C)cc3)c2C#N)cc1. The minimum Gasteiger partial charge on any atom is -0.497 e. The van der Waals surface area contributed by atoms with Crippen LogP contribution in [-0.4, -0.2) is 42.5 Å². The van der Waals surface area contributed by atoms with Crippen molar-refractivity contribution in [1.82, 2.24) is 9.97 Å². The van der Waals surface area contributed by atoms with Crippen LogP contribution in [0.3, 0.4) is 0 Å². The molecular formula is C23H22N4O3S. The predicted molar refractivity (Wildman–Crippen MR) is 120 cm³/mol. The van der Waals surface area contributed by atoms with Crippen molar-refractivity contribution in [2.75, 3.05) is 31.8 Å². The minimum absolute atomic E-state index is 0.119. The molecule has 158 valence electrons. The van der Waals surface area contributed by atoms with Crippen molar-refractivity contribution in [3.8, 4) is 23.1 Å². The molecule has 0 spiro atoms. The van der Waals surface area contributed by atoms with Crippen LogP contribution in [0, 0.1) is 18.3 Å². The number of aryl methyl sites for hydroxylation is 1. The molecule has 0 atom stereocenters. The maximum atomic E-state index is 12.2. The summed E-state index contributed by atoms with van der Waals surface area (Å²) < 4.78 is 10.4. The van der Waals surface area contributed by atoms with Gasteiger partial charge in [0.05, 0.1) is 24.9 Å². The first-order valence-corrected chi connectivity index (χ1v) is 10.8. The van der Waals surface area contributed by atoms with Crippen molar-refractivity contribution in [3.63, 3.8) is 0 Å². The van der Waals surface area contributed by atoms with Crippen LogP contribution in [0.15, 0.2) is 53.7 Å². The van der Waals surface area contributed by atoms with Crippen molar-refractivity contribution < 1.29 is 14.3 Å². The average Bonchev–Trinajstić information content (AvgIpc) is 2.81. The van der Waals surface area contributed by atoms with E-state index in [0.29, 0.717) is 40.1 Å². The lowest BCUT2D eigenvalue weighted by atomic mass is 10.1. The van der Waals surface area contributed by atoms with E-state index in [4.69, 9.17) is 9.47 Å². The van der Waals surface area contributed by atoms with Gasteiger partial charge in [-0.25, -0.2) is 14.8 Å². The average molecular weight is 435 g/mol. The number of rotatable bonds is 8. The van der Waals surface area contributed by atoms with Crippen LogP contribution in [0.5, 0.6) is 5.75 Å². The number of hydrogen-bond donors (Lipinski definition) is 1. The van der Waals surface area contributed by atoms with Crippen LogP contribution in [0.4, 0.5) is 5.82 Å². The molecule has 0 aliphatic heterocycles. The van der Waals surface area contributed by atoms with Crippen LogP contribution in [0.2, 0.25) is 0 Å². The van der Waals surface area contributed by atoms with E-state index in [2.05, 4.69) is 21.4 Å². The Bertz CT molecular complexity index is 1090. The fourth-order valence-corrected chi connectivity index (χ4v) is 3.17. The molecule has 0 saturated heterocycles. The van der Waals surface area contributed by atoms with E-state index < -0.39 is 5.97 Å². The van der Waals surface area contributed by atoms with Crippen LogP contribution < -0.4 is 10.1 Å². The Kier molecular flexibility index (Phi) is 7.46. The Balaban J connectivity index is 1.70. The van der Waals surface area contributed by atoms with Gasteiger partial charge in [0.1, 0.15) is 29.8 Å². The maximum Gasteiger partial charge on any atom is 0.338 e. The highest BCUT2D eigenvalue weighted by atomic mass is 32.2. The second-order valence-corrected chi connectivity index (χ2v) is 7.32. The summed E-state index contributed by atoms with van der Waals surface area (Å²) in [6, 6.07) is 16.7. The first-order valence-electron chi connectivity index (χ1n) is 9.54. The minimum atomic E-state index is -0.433. The number of benzene rings is 2. The molecule has 0 amide bonds. The molecule has 0 aliphatic carbocycles. The van der Waals surface area contributed by atoms with E-state index in [1.807, 2.05) is 37.4 Å². The van der Waals surface area contributed by atoms with Crippen molar-refractivity contribution in [2.45, 2.75) is 12.1 Å². The number of hydrogen-bond acceptors (Lipinski definition) is 8. The van der Waals surface area contributed by atoms with Gasteiger partial charge in [0.15, 0.2) is 5.16 Å². The summed E-state index contributed by atoms with van der Waals surface area (Å²) in [4.78, 5) is 21.1. The van der Waals surface area contributed by atoms with E-state index in [-0.39, 0.29) is 6.61 Å². The molecule has 0 fully saturated rings. The van der Waals surface area contributed by atoms with Crippen LogP contribution in [-0.2, 0) is 4.74 Å². The highest BCUT2D eigenvalue weighted by Gasteiger charge is 2.16. The second-order valence-electron chi connectivity index (χ2n) is 6.55. The van der Waals surface area contributed by atoms with E-state index in [1.54, 1.807) is 31.4 Å². The zero-order chi connectivity index (χ0) is 22.2. The molecule has 1 N–H and O–H groups in total. The lowest BCUT2D eigenvalue weighted by Crippen LogP contribution is -2.16. The highest BCUT2D eigenvalue weighted by Crippen LogP contribution is 2.28. The van der Waals surface area contributed by atoms with Gasteiger partial charge in [0.2, 0.25) is 0 Å². The highest BCUT2D eigenvalue weighted by molar-refractivity contribution is 7.98. The zero-order valence-corrected chi connectivity index (χ0v) is 18.3. The fourth-order valence-electron chi connectivity index (χ4n) is 2.81. The Hall–Kier alpha value is -3.57. The molecule has 31 heavy (non-hydrogen) atoms. The Morgan fingerprint density at radius 2 is 1.84 bits per heavy atom. The number of carbonyl (C=O) groups is 1. The molecular weight excluding hydrogens is 412 g/mol. The Labute approximate surface area is 185 Å². The van der Waals surface area contributed by atoms with Crippen molar-refractivity contribution in [2.24, 2.45) is 0 Å². The number of anilines is 1. The van der Waals surface area contributed by atoms with Crippen molar-refractivity contribution in [3.05, 3.63) is 65.2 Å². The lowest BCUT2D eigenvalue weighted by Gasteiger charge is -2.12. The van der Waals surface area contributed by atoms with Gasteiger partial charge in [-0.2, -0.15) is 5.26 Å². The van der Waals surface area contributed by atoms with Gasteiger partial charge < -0.3 is 14.8 Å². The second kappa shape index (κ2) is 10.5. The third-order valence-electron chi connectivity index (χ3n) is 4.46. The number of ether oxygens (including phenoxy) is 2. The number of aromatic nitrogens is 2. The standard InChI is InChI=1S/C23H22N4O3S/c1-15-4-6-16(7-5-15)20-19(14-24)21(27-23(26-20)31-3)25-12-13-30-22(28)17-8-10-18(29-2)11-9-17/h4-11H,12-13H2,1-3H3,(H,25,26,27). The van der Waals surface area contributed by atoms with E-state index in [1.165, 1.54) is 11.8 Å². The molecule has 1 aromatic heterocycles. The van der Waals surface area contributed by atoms with E-state index in [9.17, 15) is 10.1 Å². The molecule has 1 heterocycles. The summed E-state index contributed by atoms with van der Waals surface area (Å²) in [6.07, 6.45) is 1.88. The zero-order valence-electron chi connectivity index (χ0n) is 17.5. The monoisotopic (exact) mass is 434 g/mol. The number of methoxy groups -OCH3 is 1. The number of nitrogens with zero attached hydrogens (tertiary/aromatic N) is 3. The molecule has 0 bridgehead atoms. The van der Waals surface area contributed by atoms with Crippen LogP contribution >= 0.6 is 11.8 Å². The third-order valence-corrected chi connectivity index (χ3v) is 5.01. The molecule has 3 aromatic rings. The first-order chi connectivity index (χ1) is 15.0. The number of carbonyl (C=O) groups excluding carboxylic acids is 1. The van der Waals surface area contributed by atoms with Gasteiger partial charge in [-0.3, -0.25) is 0 Å². The van der Waals surface area contributed by atoms with Crippen molar-refractivity contribution in [1.29, 1.82) is 5.26 Å². The van der Waals surface area contributed by atoms with Crippen LogP contribution in [0.1, 0.15) is 21.5 Å². The third kappa shape index (κ3) is 5.53. The topological polar surface area (TPSA) is 97.1 Å². The van der Waals surface area contributed by atoms with Crippen LogP contribution in [0.25, 0.3) is 11.3 Å². The van der Waals surface area contributed by atoms with Gasteiger partial charge in [-0.1, -0.05) is 41.6 Å². The summed E-state index contributed by atoms with van der Waals surface area (Å²) in [5, 5.41) is 13.4. The lowest BCUT2D eigenvalue weighted by molar-refractivity contribution is 0.0520. The van der Waals surface area contributed by atoms with Gasteiger partial charge in [0.25, 0.3) is 0 Å². The van der Waals surface area contributed by atoms with Gasteiger partial charge in [-0.05, 0) is 37.4 Å². The number of esters is 1. The van der Waals surface area contributed by atoms with Gasteiger partial charge in [0, 0.05) is 5.56 Å². The van der Waals surface area contributed by atoms with E-state index >= 15 is 0 Å². The first kappa shape index (κ1) is 22.1. The molecule has 8 heteroatoms. The van der Waals surface area contributed by atoms with E-state index in [0.717, 1.165) is 11.1 Å². The largest absolute Gasteiger partial charge is 0.497 e.